The summed E-state index contributed by atoms with van der Waals surface area (Å²) < 4.78 is 13.5. The molecule has 0 saturated carbocycles. The van der Waals surface area contributed by atoms with Crippen molar-refractivity contribution in [2.24, 2.45) is 4.99 Å². The minimum atomic E-state index is 0.556. The highest BCUT2D eigenvalue weighted by Gasteiger charge is 2.21. The minimum absolute atomic E-state index is 0.556. The van der Waals surface area contributed by atoms with Gasteiger partial charge in [0.05, 0.1) is 24.5 Å². The first-order valence-electron chi connectivity index (χ1n) is 12.5. The first-order chi connectivity index (χ1) is 18.3. The molecule has 5 nitrogen and oxygen atoms in total. The van der Waals surface area contributed by atoms with Gasteiger partial charge in [0, 0.05) is 11.8 Å². The molecular formula is C32H29N3O2. The largest absolute Gasteiger partial charge is 0.490 e. The fraction of sp³-hybridized carbons (Fsp3) is 0.125. The van der Waals surface area contributed by atoms with E-state index >= 15 is 0 Å². The molecule has 0 N–H and O–H groups in total. The fourth-order valence-electron chi connectivity index (χ4n) is 4.23. The molecular weight excluding hydrogens is 458 g/mol. The molecule has 0 unspecified atom stereocenters. The highest BCUT2D eigenvalue weighted by molar-refractivity contribution is 5.92. The molecule has 5 rings (SSSR count). The molecule has 0 amide bonds. The second kappa shape index (κ2) is 11.4. The van der Waals surface area contributed by atoms with Crippen molar-refractivity contribution in [3.63, 3.8) is 0 Å². The second-order valence-corrected chi connectivity index (χ2v) is 8.36. The summed E-state index contributed by atoms with van der Waals surface area (Å²) >= 11 is 0. The van der Waals surface area contributed by atoms with Gasteiger partial charge in [-0.15, -0.1) is 0 Å². The average molecular weight is 488 g/mol. The molecule has 0 radical (unpaired) electrons. The molecule has 0 saturated heterocycles. The lowest BCUT2D eigenvalue weighted by molar-refractivity contribution is 0.288. The molecule has 1 aromatic heterocycles. The molecule has 0 bridgehead atoms. The number of aromatic nitrogens is 2. The first-order valence-corrected chi connectivity index (χ1v) is 12.5. The maximum absolute atomic E-state index is 5.83. The topological polar surface area (TPSA) is 48.6 Å². The first kappa shape index (κ1) is 24.1. The van der Waals surface area contributed by atoms with Crippen molar-refractivity contribution < 1.29 is 9.47 Å². The van der Waals surface area contributed by atoms with E-state index in [4.69, 9.17) is 19.6 Å². The van der Waals surface area contributed by atoms with E-state index in [1.165, 1.54) is 0 Å². The van der Waals surface area contributed by atoms with Crippen molar-refractivity contribution in [2.75, 3.05) is 13.2 Å². The Kier molecular flexibility index (Phi) is 7.42. The van der Waals surface area contributed by atoms with E-state index in [2.05, 4.69) is 24.3 Å². The van der Waals surface area contributed by atoms with Crippen LogP contribution in [-0.2, 0) is 0 Å². The Morgan fingerprint density at radius 2 is 1.30 bits per heavy atom. The van der Waals surface area contributed by atoms with Crippen LogP contribution in [0.1, 0.15) is 19.4 Å². The molecule has 0 aliphatic carbocycles. The smallest absolute Gasteiger partial charge is 0.164 e. The number of nitrogens with zero attached hydrogens (tertiary/aromatic N) is 3. The lowest BCUT2D eigenvalue weighted by Gasteiger charge is -2.11. The summed E-state index contributed by atoms with van der Waals surface area (Å²) in [5.74, 6) is 2.19. The summed E-state index contributed by atoms with van der Waals surface area (Å²) in [6.07, 6.45) is 1.86. The third-order valence-electron chi connectivity index (χ3n) is 5.87. The Hall–Kier alpha value is -4.64. The van der Waals surface area contributed by atoms with Crippen molar-refractivity contribution >= 4 is 12.0 Å². The lowest BCUT2D eigenvalue weighted by atomic mass is 10.0. The molecule has 5 heteroatoms. The Morgan fingerprint density at radius 3 is 1.95 bits per heavy atom. The summed E-state index contributed by atoms with van der Waals surface area (Å²) in [4.78, 5) is 5.03. The summed E-state index contributed by atoms with van der Waals surface area (Å²) in [6, 6.07) is 36.5. The molecule has 0 spiro atoms. The normalized spacial score (nSPS) is 11.1. The average Bonchev–Trinajstić information content (AvgIpc) is 3.34. The molecule has 0 aliphatic rings. The zero-order valence-corrected chi connectivity index (χ0v) is 21.0. The third-order valence-corrected chi connectivity index (χ3v) is 5.87. The predicted octanol–water partition coefficient (Wildman–Crippen LogP) is 7.75. The standard InChI is InChI=1S/C32H29N3O2/c1-3-36-28-21-20-24(22-29(28)37-4-2)23-33-32-30(25-14-8-5-9-15-25)31(26-16-10-6-11-17-26)34-35(32)27-18-12-7-13-19-27/h5-23H,3-4H2,1-2H3. The van der Waals surface area contributed by atoms with E-state index in [9.17, 15) is 0 Å². The van der Waals surface area contributed by atoms with Gasteiger partial charge < -0.3 is 9.47 Å². The van der Waals surface area contributed by atoms with Gasteiger partial charge in [-0.1, -0.05) is 78.9 Å². The van der Waals surface area contributed by atoms with Gasteiger partial charge >= 0.3 is 0 Å². The quantitative estimate of drug-likeness (QED) is 0.200. The Labute approximate surface area is 217 Å². The van der Waals surface area contributed by atoms with Crippen LogP contribution in [0.2, 0.25) is 0 Å². The van der Waals surface area contributed by atoms with E-state index < -0.39 is 0 Å². The van der Waals surface area contributed by atoms with Gasteiger partial charge in [-0.05, 0) is 55.3 Å². The second-order valence-electron chi connectivity index (χ2n) is 8.36. The summed E-state index contributed by atoms with van der Waals surface area (Å²) in [6.45, 7) is 5.06. The van der Waals surface area contributed by atoms with Crippen molar-refractivity contribution in [1.82, 2.24) is 9.78 Å². The highest BCUT2D eigenvalue weighted by Crippen LogP contribution is 2.40. The molecule has 5 aromatic rings. The van der Waals surface area contributed by atoms with Gasteiger partial charge in [0.1, 0.15) is 5.69 Å². The van der Waals surface area contributed by atoms with Crippen molar-refractivity contribution in [2.45, 2.75) is 13.8 Å². The third kappa shape index (κ3) is 5.31. The fourth-order valence-corrected chi connectivity index (χ4v) is 4.23. The molecule has 0 aliphatic heterocycles. The van der Waals surface area contributed by atoms with E-state index in [-0.39, 0.29) is 0 Å². The van der Waals surface area contributed by atoms with Crippen LogP contribution in [0.3, 0.4) is 0 Å². The van der Waals surface area contributed by atoms with Crippen molar-refractivity contribution in [1.29, 1.82) is 0 Å². The van der Waals surface area contributed by atoms with Crippen molar-refractivity contribution in [3.8, 4) is 39.6 Å². The van der Waals surface area contributed by atoms with Crippen LogP contribution in [0.25, 0.3) is 28.1 Å². The van der Waals surface area contributed by atoms with E-state index in [1.807, 2.05) is 110 Å². The molecule has 4 aromatic carbocycles. The van der Waals surface area contributed by atoms with Gasteiger partial charge in [-0.3, -0.25) is 0 Å². The molecule has 0 fully saturated rings. The van der Waals surface area contributed by atoms with E-state index in [0.29, 0.717) is 19.0 Å². The van der Waals surface area contributed by atoms with Gasteiger partial charge in [0.25, 0.3) is 0 Å². The highest BCUT2D eigenvalue weighted by atomic mass is 16.5. The van der Waals surface area contributed by atoms with Gasteiger partial charge in [-0.25, -0.2) is 9.67 Å². The summed E-state index contributed by atoms with van der Waals surface area (Å²) in [7, 11) is 0. The van der Waals surface area contributed by atoms with Crippen LogP contribution in [0.15, 0.2) is 114 Å². The zero-order valence-electron chi connectivity index (χ0n) is 21.0. The van der Waals surface area contributed by atoms with Gasteiger partial charge in [-0.2, -0.15) is 5.10 Å². The minimum Gasteiger partial charge on any atom is -0.490 e. The maximum Gasteiger partial charge on any atom is 0.164 e. The Morgan fingerprint density at radius 1 is 0.703 bits per heavy atom. The molecule has 37 heavy (non-hydrogen) atoms. The number of rotatable bonds is 9. The van der Waals surface area contributed by atoms with E-state index in [0.717, 1.165) is 45.2 Å². The molecule has 0 atom stereocenters. The van der Waals surface area contributed by atoms with Gasteiger partial charge in [0.2, 0.25) is 0 Å². The number of ether oxygens (including phenoxy) is 2. The van der Waals surface area contributed by atoms with Crippen LogP contribution < -0.4 is 9.47 Å². The number of aliphatic imine (C=N–C) groups is 1. The number of benzene rings is 4. The summed E-state index contributed by atoms with van der Waals surface area (Å²) in [5.41, 5.74) is 5.79. The SMILES string of the molecule is CCOc1ccc(C=Nc2c(-c3ccccc3)c(-c3ccccc3)nn2-c2ccccc2)cc1OCC. The molecule has 184 valence electrons. The van der Waals surface area contributed by atoms with Crippen molar-refractivity contribution in [3.05, 3.63) is 115 Å². The Bertz CT molecular complexity index is 1480. The van der Waals surface area contributed by atoms with Crippen LogP contribution in [0.4, 0.5) is 5.82 Å². The number of para-hydroxylation sites is 1. The van der Waals surface area contributed by atoms with Gasteiger partial charge in [0.15, 0.2) is 17.3 Å². The van der Waals surface area contributed by atoms with Crippen LogP contribution in [-0.4, -0.2) is 29.2 Å². The van der Waals surface area contributed by atoms with Crippen LogP contribution in [0, 0.1) is 0 Å². The predicted molar refractivity (Wildman–Crippen MR) is 150 cm³/mol. The number of hydrogen-bond donors (Lipinski definition) is 0. The monoisotopic (exact) mass is 487 g/mol. The summed E-state index contributed by atoms with van der Waals surface area (Å²) in [5, 5.41) is 5.08. The number of hydrogen-bond acceptors (Lipinski definition) is 4. The Balaban J connectivity index is 1.70. The molecule has 1 heterocycles. The van der Waals surface area contributed by atoms with E-state index in [1.54, 1.807) is 0 Å². The van der Waals surface area contributed by atoms with Crippen LogP contribution in [0.5, 0.6) is 11.5 Å². The maximum atomic E-state index is 5.83. The lowest BCUT2D eigenvalue weighted by Crippen LogP contribution is -1.99. The zero-order chi connectivity index (χ0) is 25.5. The van der Waals surface area contributed by atoms with Crippen LogP contribution >= 0.6 is 0 Å².